The van der Waals surface area contributed by atoms with Gasteiger partial charge in [0, 0.05) is 11.4 Å². The summed E-state index contributed by atoms with van der Waals surface area (Å²) in [6.45, 7) is 19.7. The van der Waals surface area contributed by atoms with E-state index < -0.39 is 0 Å². The molecule has 0 spiro atoms. The third-order valence-electron chi connectivity index (χ3n) is 4.16. The van der Waals surface area contributed by atoms with Gasteiger partial charge in [-0.25, -0.2) is 0 Å². The number of benzene rings is 1. The van der Waals surface area contributed by atoms with Gasteiger partial charge < -0.3 is 5.32 Å². The highest BCUT2D eigenvalue weighted by atomic mass is 14.9. The average Bonchev–Trinajstić information content (AvgIpc) is 2.41. The third-order valence-corrected chi connectivity index (χ3v) is 4.16. The van der Waals surface area contributed by atoms with E-state index in [0.717, 1.165) is 18.5 Å². The molecule has 0 radical (unpaired) electrons. The molecule has 1 heteroatoms. The maximum Gasteiger partial charge on any atom is 0.0381 e. The molecular weight excluding hydrogens is 266 g/mol. The van der Waals surface area contributed by atoms with Crippen molar-refractivity contribution in [2.24, 2.45) is 5.41 Å². The molecule has 1 rings (SSSR count). The fraction of sp³-hybridized carbons (Fsp3) is 0.524. The van der Waals surface area contributed by atoms with Crippen LogP contribution in [0.15, 0.2) is 48.2 Å². The van der Waals surface area contributed by atoms with Gasteiger partial charge in [0.1, 0.15) is 0 Å². The Balaban J connectivity index is 2.66. The molecule has 0 heterocycles. The molecule has 0 saturated carbocycles. The molecule has 0 aromatic heterocycles. The van der Waals surface area contributed by atoms with E-state index in [9.17, 15) is 0 Å². The number of allylic oxidation sites excluding steroid dienone is 3. The van der Waals surface area contributed by atoms with E-state index in [2.05, 4.69) is 90.7 Å². The standard InChI is InChI=1S/C21H33N/c1-9-18(13-10-16(2)20(3,4)5)22-19-14-11-17(12-15-19)21(6,7)8/h9,11-12,14-15,22H,2,10,13H2,1,3-8H3/b18-9+. The SMILES string of the molecule is C=C(CC/C(=C\C)Nc1ccc(C(C)(C)C)cc1)C(C)(C)C. The molecule has 0 atom stereocenters. The Kier molecular flexibility index (Phi) is 6.05. The van der Waals surface area contributed by atoms with Crippen molar-refractivity contribution in [3.63, 3.8) is 0 Å². The number of anilines is 1. The van der Waals surface area contributed by atoms with Crippen molar-refractivity contribution in [1.29, 1.82) is 0 Å². The van der Waals surface area contributed by atoms with Crippen LogP contribution in [0.25, 0.3) is 0 Å². The Hall–Kier alpha value is -1.50. The van der Waals surface area contributed by atoms with Crippen molar-refractivity contribution < 1.29 is 0 Å². The third kappa shape index (κ3) is 5.71. The summed E-state index contributed by atoms with van der Waals surface area (Å²) < 4.78 is 0. The zero-order valence-corrected chi connectivity index (χ0v) is 15.5. The molecule has 122 valence electrons. The van der Waals surface area contributed by atoms with Crippen LogP contribution in [0.4, 0.5) is 5.69 Å². The van der Waals surface area contributed by atoms with Crippen molar-refractivity contribution in [2.45, 2.75) is 66.7 Å². The molecule has 22 heavy (non-hydrogen) atoms. The van der Waals surface area contributed by atoms with Gasteiger partial charge in [0.2, 0.25) is 0 Å². The highest BCUT2D eigenvalue weighted by molar-refractivity contribution is 5.50. The van der Waals surface area contributed by atoms with E-state index in [4.69, 9.17) is 0 Å². The van der Waals surface area contributed by atoms with Crippen LogP contribution in [-0.2, 0) is 5.41 Å². The second-order valence-electron chi connectivity index (χ2n) is 8.12. The van der Waals surface area contributed by atoms with Gasteiger partial charge in [-0.2, -0.15) is 0 Å². The highest BCUT2D eigenvalue weighted by Crippen LogP contribution is 2.29. The maximum atomic E-state index is 4.22. The topological polar surface area (TPSA) is 12.0 Å². The average molecular weight is 300 g/mol. The van der Waals surface area contributed by atoms with Crippen LogP contribution in [0, 0.1) is 5.41 Å². The molecule has 0 bridgehead atoms. The van der Waals surface area contributed by atoms with Gasteiger partial charge in [-0.05, 0) is 48.3 Å². The Labute approximate surface area is 137 Å². The first kappa shape index (κ1) is 18.5. The quantitative estimate of drug-likeness (QED) is 0.598. The van der Waals surface area contributed by atoms with E-state index in [1.165, 1.54) is 16.8 Å². The minimum Gasteiger partial charge on any atom is -0.359 e. The van der Waals surface area contributed by atoms with Gasteiger partial charge in [-0.3, -0.25) is 0 Å². The van der Waals surface area contributed by atoms with Gasteiger partial charge in [-0.1, -0.05) is 71.9 Å². The summed E-state index contributed by atoms with van der Waals surface area (Å²) in [6, 6.07) is 8.76. The van der Waals surface area contributed by atoms with Crippen LogP contribution in [-0.4, -0.2) is 0 Å². The van der Waals surface area contributed by atoms with Gasteiger partial charge >= 0.3 is 0 Å². The molecule has 0 aliphatic carbocycles. The fourth-order valence-electron chi connectivity index (χ4n) is 2.18. The zero-order valence-electron chi connectivity index (χ0n) is 15.5. The molecule has 1 nitrogen and oxygen atoms in total. The van der Waals surface area contributed by atoms with Crippen LogP contribution >= 0.6 is 0 Å². The van der Waals surface area contributed by atoms with Crippen LogP contribution in [0.5, 0.6) is 0 Å². The first-order valence-corrected chi connectivity index (χ1v) is 8.25. The number of nitrogens with one attached hydrogen (secondary N) is 1. The van der Waals surface area contributed by atoms with Crippen LogP contribution in [0.1, 0.15) is 66.9 Å². The van der Waals surface area contributed by atoms with Crippen LogP contribution < -0.4 is 5.32 Å². The fourth-order valence-corrected chi connectivity index (χ4v) is 2.18. The predicted octanol–water partition coefficient (Wildman–Crippen LogP) is 6.68. The number of hydrogen-bond donors (Lipinski definition) is 1. The second kappa shape index (κ2) is 7.17. The Morgan fingerprint density at radius 2 is 1.55 bits per heavy atom. The summed E-state index contributed by atoms with van der Waals surface area (Å²) in [6.07, 6.45) is 4.19. The van der Waals surface area contributed by atoms with Crippen LogP contribution in [0.3, 0.4) is 0 Å². The van der Waals surface area contributed by atoms with Crippen molar-refractivity contribution in [3.8, 4) is 0 Å². The smallest absolute Gasteiger partial charge is 0.0381 e. The molecule has 0 amide bonds. The van der Waals surface area contributed by atoms with E-state index in [-0.39, 0.29) is 10.8 Å². The van der Waals surface area contributed by atoms with Crippen molar-refractivity contribution in [3.05, 3.63) is 53.8 Å². The minimum absolute atomic E-state index is 0.188. The Morgan fingerprint density at radius 3 is 1.95 bits per heavy atom. The van der Waals surface area contributed by atoms with E-state index in [1.807, 2.05) is 0 Å². The lowest BCUT2D eigenvalue weighted by molar-refractivity contribution is 0.484. The maximum absolute atomic E-state index is 4.22. The summed E-state index contributed by atoms with van der Waals surface area (Å²) in [4.78, 5) is 0. The second-order valence-corrected chi connectivity index (χ2v) is 8.12. The number of hydrogen-bond acceptors (Lipinski definition) is 1. The largest absolute Gasteiger partial charge is 0.359 e. The van der Waals surface area contributed by atoms with E-state index >= 15 is 0 Å². The van der Waals surface area contributed by atoms with Gasteiger partial charge in [0.25, 0.3) is 0 Å². The molecule has 0 aliphatic heterocycles. The first-order chi connectivity index (χ1) is 10.0. The summed E-state index contributed by atoms with van der Waals surface area (Å²) >= 11 is 0. The minimum atomic E-state index is 0.188. The predicted molar refractivity (Wildman–Crippen MR) is 100 cm³/mol. The molecule has 0 saturated heterocycles. The van der Waals surface area contributed by atoms with Gasteiger partial charge in [0.05, 0.1) is 0 Å². The van der Waals surface area contributed by atoms with Crippen molar-refractivity contribution >= 4 is 5.69 Å². The summed E-state index contributed by atoms with van der Waals surface area (Å²) in [7, 11) is 0. The number of rotatable bonds is 5. The zero-order chi connectivity index (χ0) is 17.0. The highest BCUT2D eigenvalue weighted by Gasteiger charge is 2.15. The summed E-state index contributed by atoms with van der Waals surface area (Å²) in [5, 5.41) is 3.53. The molecule has 1 aromatic rings. The molecule has 1 aromatic carbocycles. The summed E-state index contributed by atoms with van der Waals surface area (Å²) in [5.41, 5.74) is 5.47. The Morgan fingerprint density at radius 1 is 1.00 bits per heavy atom. The van der Waals surface area contributed by atoms with E-state index in [0.29, 0.717) is 0 Å². The molecule has 0 unspecified atom stereocenters. The first-order valence-electron chi connectivity index (χ1n) is 8.25. The van der Waals surface area contributed by atoms with Crippen molar-refractivity contribution in [2.75, 3.05) is 5.32 Å². The van der Waals surface area contributed by atoms with Crippen LogP contribution in [0.2, 0.25) is 0 Å². The lowest BCUT2D eigenvalue weighted by Gasteiger charge is -2.23. The Bertz CT molecular complexity index is 519. The lowest BCUT2D eigenvalue weighted by atomic mass is 9.84. The van der Waals surface area contributed by atoms with Gasteiger partial charge in [-0.15, -0.1) is 0 Å². The monoisotopic (exact) mass is 299 g/mol. The van der Waals surface area contributed by atoms with E-state index in [1.54, 1.807) is 0 Å². The van der Waals surface area contributed by atoms with Gasteiger partial charge in [0.15, 0.2) is 0 Å². The summed E-state index contributed by atoms with van der Waals surface area (Å²) in [5.74, 6) is 0. The molecule has 0 fully saturated rings. The molecule has 1 N–H and O–H groups in total. The molecular formula is C21H33N. The molecule has 0 aliphatic rings. The van der Waals surface area contributed by atoms with Crippen molar-refractivity contribution in [1.82, 2.24) is 0 Å². The lowest BCUT2D eigenvalue weighted by Crippen LogP contribution is -2.11. The normalized spacial score (nSPS) is 13.1.